The maximum atomic E-state index is 13.0. The summed E-state index contributed by atoms with van der Waals surface area (Å²) in [6, 6.07) is 11.8. The number of nitrogens with one attached hydrogen (secondary N) is 2. The predicted molar refractivity (Wildman–Crippen MR) is 121 cm³/mol. The molecule has 1 atom stereocenters. The molecule has 1 unspecified atom stereocenters. The number of ether oxygens (including phenoxy) is 1. The van der Waals surface area contributed by atoms with Crippen LogP contribution in [0.25, 0.3) is 0 Å². The Kier molecular flexibility index (Phi) is 8.19. The van der Waals surface area contributed by atoms with E-state index in [1.165, 1.54) is 4.90 Å². The largest absolute Gasteiger partial charge is 0.493 e. The molecule has 7 heteroatoms. The summed E-state index contributed by atoms with van der Waals surface area (Å²) >= 11 is 0. The van der Waals surface area contributed by atoms with Crippen molar-refractivity contribution in [3.8, 4) is 5.75 Å². The predicted octanol–water partition coefficient (Wildman–Crippen LogP) is 3.87. The van der Waals surface area contributed by atoms with Gasteiger partial charge < -0.3 is 20.3 Å². The van der Waals surface area contributed by atoms with E-state index in [4.69, 9.17) is 4.74 Å². The Morgan fingerprint density at radius 2 is 1.74 bits per heavy atom. The first-order valence-corrected chi connectivity index (χ1v) is 10.3. The SMILES string of the molecule is CCOc1ccc(NC(=O)C(C)C)cc1C(=O)NC(C)c1cccc(C(=O)N(C)C)c1. The number of hydrogen-bond donors (Lipinski definition) is 2. The molecule has 166 valence electrons. The average molecular weight is 426 g/mol. The molecule has 0 bridgehead atoms. The van der Waals surface area contributed by atoms with Gasteiger partial charge in [0.25, 0.3) is 11.8 Å². The fourth-order valence-electron chi connectivity index (χ4n) is 2.91. The van der Waals surface area contributed by atoms with Crippen molar-refractivity contribution in [1.29, 1.82) is 0 Å². The van der Waals surface area contributed by atoms with Gasteiger partial charge in [-0.15, -0.1) is 0 Å². The van der Waals surface area contributed by atoms with Gasteiger partial charge in [-0.2, -0.15) is 0 Å². The Bertz CT molecular complexity index is 954. The van der Waals surface area contributed by atoms with Crippen molar-refractivity contribution < 1.29 is 19.1 Å². The van der Waals surface area contributed by atoms with Crippen LogP contribution in [0.15, 0.2) is 42.5 Å². The summed E-state index contributed by atoms with van der Waals surface area (Å²) < 4.78 is 5.61. The lowest BCUT2D eigenvalue weighted by Crippen LogP contribution is -2.28. The summed E-state index contributed by atoms with van der Waals surface area (Å²) in [5, 5.41) is 5.76. The minimum absolute atomic E-state index is 0.104. The second-order valence-corrected chi connectivity index (χ2v) is 7.81. The molecule has 7 nitrogen and oxygen atoms in total. The molecular weight excluding hydrogens is 394 g/mol. The highest BCUT2D eigenvalue weighted by Crippen LogP contribution is 2.25. The molecule has 3 amide bonds. The topological polar surface area (TPSA) is 87.7 Å². The first-order chi connectivity index (χ1) is 14.6. The number of amides is 3. The Balaban J connectivity index is 2.26. The van der Waals surface area contributed by atoms with Crippen molar-refractivity contribution in [2.24, 2.45) is 5.92 Å². The van der Waals surface area contributed by atoms with Gasteiger partial charge in [0.2, 0.25) is 5.91 Å². The maximum Gasteiger partial charge on any atom is 0.255 e. The Labute approximate surface area is 183 Å². The minimum atomic E-state index is -0.342. The second kappa shape index (κ2) is 10.6. The summed E-state index contributed by atoms with van der Waals surface area (Å²) in [5.41, 5.74) is 2.22. The summed E-state index contributed by atoms with van der Waals surface area (Å²) in [6.07, 6.45) is 0. The molecule has 0 fully saturated rings. The van der Waals surface area contributed by atoms with Gasteiger partial charge in [-0.05, 0) is 49.7 Å². The van der Waals surface area contributed by atoms with Crippen LogP contribution in [0.2, 0.25) is 0 Å². The quantitative estimate of drug-likeness (QED) is 0.672. The molecule has 0 aromatic heterocycles. The number of nitrogens with zero attached hydrogens (tertiary/aromatic N) is 1. The van der Waals surface area contributed by atoms with E-state index in [1.807, 2.05) is 19.9 Å². The molecule has 2 N–H and O–H groups in total. The molecule has 0 saturated heterocycles. The second-order valence-electron chi connectivity index (χ2n) is 7.81. The zero-order valence-electron chi connectivity index (χ0n) is 19.0. The summed E-state index contributed by atoms with van der Waals surface area (Å²) in [4.78, 5) is 38.8. The minimum Gasteiger partial charge on any atom is -0.493 e. The number of benzene rings is 2. The summed E-state index contributed by atoms with van der Waals surface area (Å²) in [7, 11) is 3.39. The first kappa shape index (κ1) is 23.9. The van der Waals surface area contributed by atoms with Crippen LogP contribution in [-0.2, 0) is 4.79 Å². The van der Waals surface area contributed by atoms with Gasteiger partial charge in [0.1, 0.15) is 5.75 Å². The molecule has 2 rings (SSSR count). The van der Waals surface area contributed by atoms with E-state index in [0.717, 1.165) is 5.56 Å². The summed E-state index contributed by atoms with van der Waals surface area (Å²) in [6.45, 7) is 7.69. The van der Waals surface area contributed by atoms with Gasteiger partial charge in [-0.3, -0.25) is 14.4 Å². The normalized spacial score (nSPS) is 11.6. The van der Waals surface area contributed by atoms with E-state index < -0.39 is 0 Å². The molecule has 0 saturated carbocycles. The lowest BCUT2D eigenvalue weighted by molar-refractivity contribution is -0.118. The number of hydrogen-bond acceptors (Lipinski definition) is 4. The zero-order valence-corrected chi connectivity index (χ0v) is 19.0. The average Bonchev–Trinajstić information content (AvgIpc) is 2.74. The molecule has 0 aliphatic rings. The Morgan fingerprint density at radius 1 is 1.03 bits per heavy atom. The van der Waals surface area contributed by atoms with Gasteiger partial charge in [0.05, 0.1) is 18.2 Å². The number of anilines is 1. The molecule has 31 heavy (non-hydrogen) atoms. The van der Waals surface area contributed by atoms with E-state index in [0.29, 0.717) is 29.2 Å². The van der Waals surface area contributed by atoms with Gasteiger partial charge in [-0.25, -0.2) is 0 Å². The van der Waals surface area contributed by atoms with Gasteiger partial charge in [0.15, 0.2) is 0 Å². The number of rotatable bonds is 8. The van der Waals surface area contributed by atoms with Crippen LogP contribution in [0, 0.1) is 5.92 Å². The smallest absolute Gasteiger partial charge is 0.255 e. The van der Waals surface area contributed by atoms with Crippen LogP contribution in [-0.4, -0.2) is 43.3 Å². The molecule has 2 aromatic rings. The van der Waals surface area contributed by atoms with Crippen molar-refractivity contribution in [3.63, 3.8) is 0 Å². The lowest BCUT2D eigenvalue weighted by Gasteiger charge is -2.18. The van der Waals surface area contributed by atoms with Crippen LogP contribution < -0.4 is 15.4 Å². The van der Waals surface area contributed by atoms with Crippen LogP contribution in [0.4, 0.5) is 5.69 Å². The van der Waals surface area contributed by atoms with E-state index in [1.54, 1.807) is 64.3 Å². The number of carbonyl (C=O) groups excluding carboxylic acids is 3. The number of carbonyl (C=O) groups is 3. The van der Waals surface area contributed by atoms with Gasteiger partial charge in [0, 0.05) is 31.3 Å². The van der Waals surface area contributed by atoms with Crippen molar-refractivity contribution in [3.05, 3.63) is 59.2 Å². The molecule has 0 aliphatic carbocycles. The summed E-state index contributed by atoms with van der Waals surface area (Å²) in [5.74, 6) is -0.313. The van der Waals surface area contributed by atoms with Crippen molar-refractivity contribution in [2.75, 3.05) is 26.0 Å². The molecular formula is C24H31N3O4. The van der Waals surface area contributed by atoms with Crippen molar-refractivity contribution in [2.45, 2.75) is 33.7 Å². The van der Waals surface area contributed by atoms with E-state index in [-0.39, 0.29) is 29.7 Å². The highest BCUT2D eigenvalue weighted by atomic mass is 16.5. The fourth-order valence-corrected chi connectivity index (χ4v) is 2.91. The molecule has 0 radical (unpaired) electrons. The van der Waals surface area contributed by atoms with Gasteiger partial charge in [-0.1, -0.05) is 26.0 Å². The standard InChI is InChI=1S/C24H31N3O4/c1-7-31-21-12-11-19(26-22(28)15(2)3)14-20(21)23(29)25-16(4)17-9-8-10-18(13-17)24(30)27(5)6/h8-16H,7H2,1-6H3,(H,25,29)(H,26,28). The van der Waals surface area contributed by atoms with E-state index >= 15 is 0 Å². The third-order valence-corrected chi connectivity index (χ3v) is 4.70. The third-order valence-electron chi connectivity index (χ3n) is 4.70. The van der Waals surface area contributed by atoms with E-state index in [2.05, 4.69) is 10.6 Å². The highest BCUT2D eigenvalue weighted by Gasteiger charge is 2.19. The highest BCUT2D eigenvalue weighted by molar-refractivity contribution is 6.00. The van der Waals surface area contributed by atoms with Crippen LogP contribution >= 0.6 is 0 Å². The van der Waals surface area contributed by atoms with Gasteiger partial charge >= 0.3 is 0 Å². The Hall–Kier alpha value is -3.35. The maximum absolute atomic E-state index is 13.0. The first-order valence-electron chi connectivity index (χ1n) is 10.3. The molecule has 0 heterocycles. The fraction of sp³-hybridized carbons (Fsp3) is 0.375. The monoisotopic (exact) mass is 425 g/mol. The molecule has 2 aromatic carbocycles. The van der Waals surface area contributed by atoms with Crippen LogP contribution in [0.1, 0.15) is 60.0 Å². The van der Waals surface area contributed by atoms with Crippen LogP contribution in [0.5, 0.6) is 5.75 Å². The Morgan fingerprint density at radius 3 is 2.35 bits per heavy atom. The van der Waals surface area contributed by atoms with Crippen LogP contribution in [0.3, 0.4) is 0 Å². The van der Waals surface area contributed by atoms with Crippen molar-refractivity contribution in [1.82, 2.24) is 10.2 Å². The zero-order chi connectivity index (χ0) is 23.1. The van der Waals surface area contributed by atoms with E-state index in [9.17, 15) is 14.4 Å². The lowest BCUT2D eigenvalue weighted by atomic mass is 10.0. The third kappa shape index (κ3) is 6.31. The molecule has 0 aliphatic heterocycles. The van der Waals surface area contributed by atoms with Crippen molar-refractivity contribution >= 4 is 23.4 Å². The molecule has 0 spiro atoms.